The molecule has 2 aromatic heterocycles. The number of rotatable bonds is 18. The van der Waals surface area contributed by atoms with Crippen LogP contribution in [0.25, 0.3) is 56.2 Å². The van der Waals surface area contributed by atoms with E-state index in [-0.39, 0.29) is 51.5 Å². The van der Waals surface area contributed by atoms with E-state index >= 15 is 0 Å². The third kappa shape index (κ3) is 13.2. The number of aliphatic hydroxyl groups is 2. The Labute approximate surface area is 389 Å². The SMILES string of the molecule is C.CCOC(=O)CC(=O)CC(=O)/C=C/c1c(C2CC2)nc2ccccc2c1-c1ccc(F)cc1.CCOC(=O)C[C@H](O)C[C@H](O)/C=C/c1c(C2CC2)nc2ccccc2c1-c1ccc(F)cc1. The number of hydrogen-bond acceptors (Lipinski definition) is 10. The molecule has 2 fully saturated rings. The molecule has 0 aliphatic heterocycles. The van der Waals surface area contributed by atoms with Crippen molar-refractivity contribution < 1.29 is 47.6 Å². The van der Waals surface area contributed by atoms with E-state index < -0.39 is 42.1 Å². The summed E-state index contributed by atoms with van der Waals surface area (Å²) in [5.74, 6) is -1.99. The largest absolute Gasteiger partial charge is 0.466 e. The van der Waals surface area contributed by atoms with E-state index in [0.29, 0.717) is 11.8 Å². The molecule has 8 rings (SSSR count). The molecular formula is C55H56F2N2O8. The molecule has 0 saturated heterocycles. The summed E-state index contributed by atoms with van der Waals surface area (Å²) in [4.78, 5) is 57.4. The number of aromatic nitrogens is 2. The first-order chi connectivity index (χ1) is 31.9. The van der Waals surface area contributed by atoms with Gasteiger partial charge in [-0.15, -0.1) is 0 Å². The number of Topliss-reactive ketones (excluding diaryl/α,β-unsaturated/α-hetero) is 1. The van der Waals surface area contributed by atoms with Crippen molar-refractivity contribution in [3.8, 4) is 22.3 Å². The number of carbonyl (C=O) groups is 4. The van der Waals surface area contributed by atoms with Gasteiger partial charge in [-0.2, -0.15) is 0 Å². The molecule has 0 unspecified atom stereocenters. The maximum Gasteiger partial charge on any atom is 0.313 e. The molecule has 10 nitrogen and oxygen atoms in total. The van der Waals surface area contributed by atoms with Gasteiger partial charge in [-0.1, -0.05) is 80.2 Å². The smallest absolute Gasteiger partial charge is 0.313 e. The fraction of sp³-hybridized carbons (Fsp3) is 0.309. The average Bonchev–Trinajstić information content (AvgIpc) is 4.23. The third-order valence-electron chi connectivity index (χ3n) is 11.3. The van der Waals surface area contributed by atoms with Crippen LogP contribution in [0.15, 0.2) is 109 Å². The second-order valence-corrected chi connectivity index (χ2v) is 16.5. The van der Waals surface area contributed by atoms with Crippen LogP contribution < -0.4 is 0 Å². The molecule has 2 aliphatic rings. The zero-order valence-electron chi connectivity index (χ0n) is 36.9. The van der Waals surface area contributed by atoms with E-state index in [1.54, 1.807) is 50.3 Å². The summed E-state index contributed by atoms with van der Waals surface area (Å²) in [6.07, 6.45) is 7.78. The standard InChI is InChI=1S/C27H28FNO4.C27H24FNO4.CH4/c2*1-2-33-25(32)16-21(31)15-20(30)13-14-23-26(17-9-11-19(28)12-10-17)22-5-3-4-6-24(22)29-27(23)18-7-8-18;/h3-6,9-14,18,20-21,30-31H,2,7-8,15-16H2,1H3;3-6,9-14,18H,2,7-8,15-16H2,1H3;1H4/b2*14-13+;/t20-,21-;;/m1../s1. The van der Waals surface area contributed by atoms with Crippen molar-refractivity contribution in [1.29, 1.82) is 0 Å². The van der Waals surface area contributed by atoms with Crippen LogP contribution in [0.4, 0.5) is 8.78 Å². The first-order valence-corrected chi connectivity index (χ1v) is 22.4. The van der Waals surface area contributed by atoms with E-state index in [1.807, 2.05) is 54.6 Å². The van der Waals surface area contributed by atoms with Crippen molar-refractivity contribution in [2.24, 2.45) is 0 Å². The van der Waals surface area contributed by atoms with Gasteiger partial charge in [0.1, 0.15) is 18.1 Å². The molecule has 0 amide bonds. The molecule has 2 saturated carbocycles. The predicted molar refractivity (Wildman–Crippen MR) is 257 cm³/mol. The fourth-order valence-corrected chi connectivity index (χ4v) is 7.95. The summed E-state index contributed by atoms with van der Waals surface area (Å²) in [6, 6.07) is 28.3. The Bertz CT molecular complexity index is 2780. The van der Waals surface area contributed by atoms with E-state index in [9.17, 15) is 38.2 Å². The highest BCUT2D eigenvalue weighted by atomic mass is 19.1. The van der Waals surface area contributed by atoms with Crippen molar-refractivity contribution in [1.82, 2.24) is 9.97 Å². The van der Waals surface area contributed by atoms with Crippen molar-refractivity contribution in [2.75, 3.05) is 13.2 Å². The lowest BCUT2D eigenvalue weighted by Gasteiger charge is -2.16. The quantitative estimate of drug-likeness (QED) is 0.0484. The van der Waals surface area contributed by atoms with Crippen LogP contribution in [0.5, 0.6) is 0 Å². The van der Waals surface area contributed by atoms with Gasteiger partial charge in [0.2, 0.25) is 0 Å². The molecule has 67 heavy (non-hydrogen) atoms. The normalized spacial score (nSPS) is 14.3. The monoisotopic (exact) mass is 910 g/mol. The van der Waals surface area contributed by atoms with Crippen molar-refractivity contribution >= 4 is 57.5 Å². The maximum absolute atomic E-state index is 13.6. The molecule has 4 aromatic carbocycles. The Hall–Kier alpha value is -6.76. The average molecular weight is 911 g/mol. The minimum atomic E-state index is -1.00. The zero-order valence-corrected chi connectivity index (χ0v) is 36.9. The van der Waals surface area contributed by atoms with Crippen LogP contribution in [-0.4, -0.2) is 69.1 Å². The maximum atomic E-state index is 13.6. The minimum absolute atomic E-state index is 0. The molecule has 2 N–H and O–H groups in total. The first-order valence-electron chi connectivity index (χ1n) is 22.4. The van der Waals surface area contributed by atoms with E-state index in [4.69, 9.17) is 19.4 Å². The lowest BCUT2D eigenvalue weighted by Crippen LogP contribution is -2.20. The molecule has 2 atom stereocenters. The second-order valence-electron chi connectivity index (χ2n) is 16.5. The number of esters is 2. The van der Waals surface area contributed by atoms with Gasteiger partial charge in [-0.05, 0) is 99.2 Å². The number of fused-ring (bicyclic) bond motifs is 2. The van der Waals surface area contributed by atoms with Crippen LogP contribution in [-0.2, 0) is 28.7 Å². The van der Waals surface area contributed by atoms with Gasteiger partial charge >= 0.3 is 11.9 Å². The summed E-state index contributed by atoms with van der Waals surface area (Å²) in [5, 5.41) is 22.5. The topological polar surface area (TPSA) is 153 Å². The highest BCUT2D eigenvalue weighted by molar-refractivity contribution is 6.11. The molecule has 0 radical (unpaired) electrons. The summed E-state index contributed by atoms with van der Waals surface area (Å²) in [6.45, 7) is 3.80. The van der Waals surface area contributed by atoms with Gasteiger partial charge in [-0.3, -0.25) is 29.1 Å². The van der Waals surface area contributed by atoms with Gasteiger partial charge in [0, 0.05) is 51.3 Å². The number of para-hydroxylation sites is 2. The number of ether oxygens (including phenoxy) is 2. The number of benzene rings is 4. The second kappa shape index (κ2) is 23.1. The first kappa shape index (κ1) is 49.7. The van der Waals surface area contributed by atoms with Gasteiger partial charge < -0.3 is 19.7 Å². The molecule has 12 heteroatoms. The number of carbonyl (C=O) groups excluding carboxylic acids is 4. The number of pyridine rings is 2. The lowest BCUT2D eigenvalue weighted by molar-refractivity contribution is -0.147. The Balaban J connectivity index is 0.000000218. The van der Waals surface area contributed by atoms with E-state index in [1.165, 1.54) is 30.3 Å². The number of ketones is 2. The molecule has 0 bridgehead atoms. The number of halogens is 2. The van der Waals surface area contributed by atoms with Crippen LogP contribution in [0.2, 0.25) is 0 Å². The molecule has 2 heterocycles. The molecule has 6 aromatic rings. The Morgan fingerprint density at radius 2 is 1.12 bits per heavy atom. The van der Waals surface area contributed by atoms with Gasteiger partial charge in [-0.25, -0.2) is 8.78 Å². The van der Waals surface area contributed by atoms with Crippen LogP contribution in [0.3, 0.4) is 0 Å². The van der Waals surface area contributed by atoms with Gasteiger partial charge in [0.05, 0.1) is 60.7 Å². The third-order valence-corrected chi connectivity index (χ3v) is 11.3. The Morgan fingerprint density at radius 1 is 0.657 bits per heavy atom. The van der Waals surface area contributed by atoms with Crippen molar-refractivity contribution in [3.05, 3.63) is 143 Å². The van der Waals surface area contributed by atoms with Crippen molar-refractivity contribution in [2.45, 2.75) is 96.7 Å². The molecular weight excluding hydrogens is 855 g/mol. The lowest BCUT2D eigenvalue weighted by atomic mass is 9.92. The molecule has 348 valence electrons. The van der Waals surface area contributed by atoms with Crippen LogP contribution in [0.1, 0.15) is 107 Å². The summed E-state index contributed by atoms with van der Waals surface area (Å²) >= 11 is 0. The van der Waals surface area contributed by atoms with Crippen LogP contribution in [0, 0.1) is 11.6 Å². The number of aliphatic hydroxyl groups excluding tert-OH is 2. The number of allylic oxidation sites excluding steroid dienone is 1. The number of nitrogens with zero attached hydrogens (tertiary/aromatic N) is 2. The minimum Gasteiger partial charge on any atom is -0.466 e. The van der Waals surface area contributed by atoms with Crippen molar-refractivity contribution in [3.63, 3.8) is 0 Å². The summed E-state index contributed by atoms with van der Waals surface area (Å²) in [5.41, 5.74) is 8.78. The molecule has 0 spiro atoms. The Morgan fingerprint density at radius 3 is 1.60 bits per heavy atom. The zero-order chi connectivity index (χ0) is 46.7. The van der Waals surface area contributed by atoms with Crippen LogP contribution >= 0.6 is 0 Å². The molecule has 2 aliphatic carbocycles. The fourth-order valence-electron chi connectivity index (χ4n) is 7.95. The highest BCUT2D eigenvalue weighted by Gasteiger charge is 2.31. The van der Waals surface area contributed by atoms with Gasteiger partial charge in [0.25, 0.3) is 0 Å². The van der Waals surface area contributed by atoms with Gasteiger partial charge in [0.15, 0.2) is 11.6 Å². The Kier molecular flexibility index (Phi) is 17.1. The summed E-state index contributed by atoms with van der Waals surface area (Å²) < 4.78 is 36.9. The predicted octanol–water partition coefficient (Wildman–Crippen LogP) is 11.0. The summed E-state index contributed by atoms with van der Waals surface area (Å²) in [7, 11) is 0. The number of hydrogen-bond donors (Lipinski definition) is 2. The van der Waals surface area contributed by atoms with E-state index in [2.05, 4.69) is 0 Å². The van der Waals surface area contributed by atoms with E-state index in [0.717, 1.165) is 92.3 Å². The highest BCUT2D eigenvalue weighted by Crippen LogP contribution is 2.47.